The highest BCUT2D eigenvalue weighted by Crippen LogP contribution is 2.30. The van der Waals surface area contributed by atoms with Gasteiger partial charge in [0, 0.05) is 5.92 Å². The first-order valence-corrected chi connectivity index (χ1v) is 7.04. The molecular weight excluding hydrogens is 228 g/mol. The first-order valence-electron chi connectivity index (χ1n) is 6.22. The second-order valence-electron chi connectivity index (χ2n) is 4.91. The van der Waals surface area contributed by atoms with Gasteiger partial charge in [0.15, 0.2) is 0 Å². The Labute approximate surface area is 107 Å². The number of fused-ring (bicyclic) bond motifs is 1. The highest BCUT2D eigenvalue weighted by molar-refractivity contribution is 7.18. The lowest BCUT2D eigenvalue weighted by atomic mass is 9.98. The summed E-state index contributed by atoms with van der Waals surface area (Å²) in [6, 6.07) is 6.60. The highest BCUT2D eigenvalue weighted by Gasteiger charge is 2.10. The summed E-state index contributed by atoms with van der Waals surface area (Å²) in [5.74, 6) is 1.05. The van der Waals surface area contributed by atoms with Gasteiger partial charge in [0.1, 0.15) is 0 Å². The van der Waals surface area contributed by atoms with Crippen molar-refractivity contribution in [1.82, 2.24) is 4.98 Å². The van der Waals surface area contributed by atoms with Gasteiger partial charge in [-0.2, -0.15) is 0 Å². The summed E-state index contributed by atoms with van der Waals surface area (Å²) < 4.78 is 1.30. The van der Waals surface area contributed by atoms with Gasteiger partial charge in [-0.05, 0) is 36.6 Å². The van der Waals surface area contributed by atoms with E-state index < -0.39 is 0 Å². The molecule has 2 nitrogen and oxygen atoms in total. The van der Waals surface area contributed by atoms with E-state index in [1.807, 2.05) is 11.3 Å². The van der Waals surface area contributed by atoms with Crippen molar-refractivity contribution in [2.45, 2.75) is 39.0 Å². The van der Waals surface area contributed by atoms with Crippen molar-refractivity contribution in [3.63, 3.8) is 0 Å². The lowest BCUT2D eigenvalue weighted by Gasteiger charge is -2.09. The van der Waals surface area contributed by atoms with E-state index in [0.717, 1.165) is 18.5 Å². The number of nitrogens with zero attached hydrogens (tertiary/aromatic N) is 1. The molecule has 0 radical (unpaired) electrons. The average molecular weight is 248 g/mol. The molecule has 3 heteroatoms. The fourth-order valence-corrected chi connectivity index (χ4v) is 2.95. The molecular formula is C14H20N2S. The first-order chi connectivity index (χ1) is 8.11. The molecule has 0 aliphatic rings. The third-order valence-corrected chi connectivity index (χ3v) is 4.41. The second-order valence-corrected chi connectivity index (χ2v) is 5.97. The van der Waals surface area contributed by atoms with Gasteiger partial charge in [0.05, 0.1) is 15.2 Å². The minimum atomic E-state index is 0.511. The molecule has 2 rings (SSSR count). The molecule has 0 aliphatic heterocycles. The van der Waals surface area contributed by atoms with Crippen LogP contribution in [-0.4, -0.2) is 11.5 Å². The Bertz CT molecular complexity index is 502. The minimum Gasteiger partial charge on any atom is -0.330 e. The van der Waals surface area contributed by atoms with Crippen molar-refractivity contribution in [3.8, 4) is 0 Å². The maximum absolute atomic E-state index is 5.61. The first kappa shape index (κ1) is 12.5. The second kappa shape index (κ2) is 5.15. The number of benzene rings is 1. The molecule has 1 heterocycles. The van der Waals surface area contributed by atoms with Gasteiger partial charge < -0.3 is 5.73 Å². The summed E-state index contributed by atoms with van der Waals surface area (Å²) >= 11 is 1.81. The summed E-state index contributed by atoms with van der Waals surface area (Å²) in [6.07, 6.45) is 1.04. The normalized spacial score (nSPS) is 13.5. The number of rotatable bonds is 4. The van der Waals surface area contributed by atoms with Crippen molar-refractivity contribution in [1.29, 1.82) is 0 Å². The summed E-state index contributed by atoms with van der Waals surface area (Å²) in [6.45, 7) is 7.36. The quantitative estimate of drug-likeness (QED) is 0.892. The predicted molar refractivity (Wildman–Crippen MR) is 75.8 cm³/mol. The van der Waals surface area contributed by atoms with Gasteiger partial charge in [-0.25, -0.2) is 4.98 Å². The van der Waals surface area contributed by atoms with Crippen LogP contribution < -0.4 is 5.73 Å². The largest absolute Gasteiger partial charge is 0.330 e. The van der Waals surface area contributed by atoms with Gasteiger partial charge in [-0.1, -0.05) is 26.8 Å². The van der Waals surface area contributed by atoms with Crippen LogP contribution in [0.15, 0.2) is 18.2 Å². The maximum atomic E-state index is 5.61. The zero-order valence-corrected chi connectivity index (χ0v) is 11.6. The van der Waals surface area contributed by atoms with Crippen LogP contribution in [0.5, 0.6) is 0 Å². The van der Waals surface area contributed by atoms with Crippen LogP contribution in [0.1, 0.15) is 49.6 Å². The molecule has 0 saturated heterocycles. The molecule has 1 aromatic heterocycles. The molecule has 2 N–H and O–H groups in total. The molecule has 0 saturated carbocycles. The Balaban J connectivity index is 2.36. The van der Waals surface area contributed by atoms with Crippen LogP contribution in [0.25, 0.3) is 10.2 Å². The van der Waals surface area contributed by atoms with E-state index >= 15 is 0 Å². The van der Waals surface area contributed by atoms with Crippen molar-refractivity contribution in [2.24, 2.45) is 5.73 Å². The lowest BCUT2D eigenvalue weighted by Crippen LogP contribution is -2.04. The fraction of sp³-hybridized carbons (Fsp3) is 0.500. The Hall–Kier alpha value is -0.930. The zero-order chi connectivity index (χ0) is 12.4. The smallest absolute Gasteiger partial charge is 0.0963 e. The van der Waals surface area contributed by atoms with E-state index in [1.165, 1.54) is 15.3 Å². The number of hydrogen-bond acceptors (Lipinski definition) is 3. The van der Waals surface area contributed by atoms with Crippen molar-refractivity contribution >= 4 is 21.6 Å². The molecule has 1 aromatic carbocycles. The fourth-order valence-electron chi connectivity index (χ4n) is 1.93. The molecule has 0 fully saturated rings. The Morgan fingerprint density at radius 1 is 1.29 bits per heavy atom. The van der Waals surface area contributed by atoms with Crippen LogP contribution in [-0.2, 0) is 0 Å². The van der Waals surface area contributed by atoms with Gasteiger partial charge in [0.25, 0.3) is 0 Å². The predicted octanol–water partition coefficient (Wildman–Crippen LogP) is 3.87. The van der Waals surface area contributed by atoms with E-state index in [9.17, 15) is 0 Å². The van der Waals surface area contributed by atoms with Gasteiger partial charge >= 0.3 is 0 Å². The van der Waals surface area contributed by atoms with E-state index in [2.05, 4.69) is 44.0 Å². The molecule has 0 bridgehead atoms. The van der Waals surface area contributed by atoms with Gasteiger partial charge in [-0.15, -0.1) is 11.3 Å². The summed E-state index contributed by atoms with van der Waals surface area (Å²) in [7, 11) is 0. The number of aromatic nitrogens is 1. The molecule has 0 amide bonds. The molecule has 1 atom stereocenters. The van der Waals surface area contributed by atoms with E-state index in [-0.39, 0.29) is 0 Å². The van der Waals surface area contributed by atoms with Crippen LogP contribution in [0, 0.1) is 0 Å². The topological polar surface area (TPSA) is 38.9 Å². The lowest BCUT2D eigenvalue weighted by molar-refractivity contribution is 0.691. The SMILES string of the molecule is CC(C)c1nc2ccc(C(C)CCN)cc2s1. The molecule has 17 heavy (non-hydrogen) atoms. The monoisotopic (exact) mass is 248 g/mol. The minimum absolute atomic E-state index is 0.511. The number of nitrogens with two attached hydrogens (primary N) is 1. The van der Waals surface area contributed by atoms with Crippen LogP contribution >= 0.6 is 11.3 Å². The number of thiazole rings is 1. The third-order valence-electron chi connectivity index (χ3n) is 3.09. The standard InChI is InChI=1S/C14H20N2S/c1-9(2)14-16-12-5-4-11(8-13(12)17-14)10(3)6-7-15/h4-5,8-10H,6-7,15H2,1-3H3. The molecule has 0 aliphatic carbocycles. The maximum Gasteiger partial charge on any atom is 0.0963 e. The molecule has 0 spiro atoms. The third kappa shape index (κ3) is 2.67. The average Bonchev–Trinajstić information content (AvgIpc) is 2.71. The van der Waals surface area contributed by atoms with Crippen LogP contribution in [0.3, 0.4) is 0 Å². The molecule has 1 unspecified atom stereocenters. The van der Waals surface area contributed by atoms with Gasteiger partial charge in [0.2, 0.25) is 0 Å². The van der Waals surface area contributed by atoms with E-state index in [1.54, 1.807) is 0 Å². The van der Waals surface area contributed by atoms with Gasteiger partial charge in [-0.3, -0.25) is 0 Å². The van der Waals surface area contributed by atoms with Crippen molar-refractivity contribution in [3.05, 3.63) is 28.8 Å². The summed E-state index contributed by atoms with van der Waals surface area (Å²) in [5, 5.41) is 1.23. The van der Waals surface area contributed by atoms with Crippen LogP contribution in [0.4, 0.5) is 0 Å². The summed E-state index contributed by atoms with van der Waals surface area (Å²) in [4.78, 5) is 4.65. The van der Waals surface area contributed by atoms with E-state index in [0.29, 0.717) is 11.8 Å². The highest BCUT2D eigenvalue weighted by atomic mass is 32.1. The summed E-state index contributed by atoms with van der Waals surface area (Å²) in [5.41, 5.74) is 8.12. The van der Waals surface area contributed by atoms with Crippen LogP contribution in [0.2, 0.25) is 0 Å². The Morgan fingerprint density at radius 3 is 2.71 bits per heavy atom. The molecule has 92 valence electrons. The number of hydrogen-bond donors (Lipinski definition) is 1. The zero-order valence-electron chi connectivity index (χ0n) is 10.7. The van der Waals surface area contributed by atoms with Crippen molar-refractivity contribution in [2.75, 3.05) is 6.54 Å². The van der Waals surface area contributed by atoms with E-state index in [4.69, 9.17) is 5.73 Å². The Morgan fingerprint density at radius 2 is 2.06 bits per heavy atom. The molecule has 2 aromatic rings. The van der Waals surface area contributed by atoms with Crippen molar-refractivity contribution < 1.29 is 0 Å². The Kier molecular flexibility index (Phi) is 3.79.